The summed E-state index contributed by atoms with van der Waals surface area (Å²) in [6, 6.07) is 10.4. The number of amides is 2. The number of carboxylic acid groups (broad SMARTS) is 1. The highest BCUT2D eigenvalue weighted by Crippen LogP contribution is 2.43. The molecule has 2 aliphatic rings. The molecular formula is C27H44N4O5S2. The topological polar surface area (TPSA) is 140 Å². The Balaban J connectivity index is 0.000000739. The number of hydrogen-bond acceptors (Lipinski definition) is 8. The molecule has 1 aliphatic heterocycles. The molecule has 1 aromatic carbocycles. The van der Waals surface area contributed by atoms with E-state index < -0.39 is 24.2 Å². The summed E-state index contributed by atoms with van der Waals surface area (Å²) in [5.41, 5.74) is -0.136. The minimum absolute atomic E-state index is 0.136. The normalized spacial score (nSPS) is 20.4. The van der Waals surface area contributed by atoms with Crippen LogP contribution in [-0.2, 0) is 14.4 Å². The van der Waals surface area contributed by atoms with E-state index in [1.807, 2.05) is 43.3 Å². The van der Waals surface area contributed by atoms with E-state index in [0.29, 0.717) is 24.5 Å². The van der Waals surface area contributed by atoms with Crippen LogP contribution in [0.25, 0.3) is 0 Å². The fraction of sp³-hybridized carbons (Fsp3) is 0.667. The second kappa shape index (κ2) is 17.7. The van der Waals surface area contributed by atoms with Gasteiger partial charge in [-0.1, -0.05) is 70.8 Å². The zero-order valence-electron chi connectivity index (χ0n) is 22.5. The second-order valence-corrected chi connectivity index (χ2v) is 12.5. The van der Waals surface area contributed by atoms with E-state index in [9.17, 15) is 19.5 Å². The van der Waals surface area contributed by atoms with Gasteiger partial charge < -0.3 is 31.5 Å². The minimum Gasteiger partial charge on any atom is -0.480 e. The third-order valence-electron chi connectivity index (χ3n) is 7.28. The molecule has 1 aromatic rings. The predicted molar refractivity (Wildman–Crippen MR) is 155 cm³/mol. The lowest BCUT2D eigenvalue weighted by Crippen LogP contribution is -2.53. The lowest BCUT2D eigenvalue weighted by molar-refractivity contribution is -0.138. The average Bonchev–Trinajstić information content (AvgIpc) is 3.62. The van der Waals surface area contributed by atoms with Gasteiger partial charge in [0.25, 0.3) is 0 Å². The molecule has 1 saturated heterocycles. The van der Waals surface area contributed by atoms with E-state index in [1.165, 1.54) is 21.6 Å². The Bertz CT molecular complexity index is 807. The molecule has 0 bridgehead atoms. The number of hydrogen-bond donors (Lipinski definition) is 6. The van der Waals surface area contributed by atoms with E-state index in [1.54, 1.807) is 7.05 Å². The molecule has 0 spiro atoms. The molecule has 214 valence electrons. The van der Waals surface area contributed by atoms with Crippen LogP contribution in [0.5, 0.6) is 0 Å². The second-order valence-electron chi connectivity index (χ2n) is 9.90. The van der Waals surface area contributed by atoms with Crippen molar-refractivity contribution in [2.45, 2.75) is 76.1 Å². The first kappa shape index (κ1) is 32.4. The molecule has 11 heteroatoms. The third-order valence-corrected chi connectivity index (χ3v) is 9.71. The molecular weight excluding hydrogens is 524 g/mol. The smallest absolute Gasteiger partial charge is 0.321 e. The minimum atomic E-state index is -0.922. The van der Waals surface area contributed by atoms with Gasteiger partial charge in [0.2, 0.25) is 11.8 Å². The van der Waals surface area contributed by atoms with Gasteiger partial charge >= 0.3 is 5.97 Å². The summed E-state index contributed by atoms with van der Waals surface area (Å²) in [6.45, 7) is 3.08. The number of aliphatic carboxylic acids is 1. The lowest BCUT2D eigenvalue weighted by Gasteiger charge is -2.32. The Kier molecular flexibility index (Phi) is 15.1. The van der Waals surface area contributed by atoms with E-state index in [0.717, 1.165) is 45.1 Å². The van der Waals surface area contributed by atoms with Crippen molar-refractivity contribution in [1.82, 2.24) is 21.3 Å². The maximum Gasteiger partial charge on any atom is 0.321 e. The van der Waals surface area contributed by atoms with Crippen molar-refractivity contribution < 1.29 is 24.6 Å². The van der Waals surface area contributed by atoms with Gasteiger partial charge in [0.15, 0.2) is 0 Å². The highest BCUT2D eigenvalue weighted by molar-refractivity contribution is 8.76. The van der Waals surface area contributed by atoms with Gasteiger partial charge in [-0.2, -0.15) is 0 Å². The summed E-state index contributed by atoms with van der Waals surface area (Å²) in [5.74, 6) is -0.656. The number of carbonyl (C=O) groups excluding carboxylic acids is 2. The van der Waals surface area contributed by atoms with Crippen LogP contribution in [-0.4, -0.2) is 83.9 Å². The first-order valence-electron chi connectivity index (χ1n) is 13.4. The lowest BCUT2D eigenvalue weighted by atomic mass is 9.78. The fourth-order valence-electron chi connectivity index (χ4n) is 4.77. The highest BCUT2D eigenvalue weighted by Gasteiger charge is 2.38. The molecule has 6 N–H and O–H groups in total. The van der Waals surface area contributed by atoms with Crippen molar-refractivity contribution in [1.29, 1.82) is 0 Å². The number of rotatable bonds is 14. The zero-order chi connectivity index (χ0) is 27.8. The average molecular weight is 569 g/mol. The molecule has 4 atom stereocenters. The molecule has 9 nitrogen and oxygen atoms in total. The maximum atomic E-state index is 12.9. The van der Waals surface area contributed by atoms with Gasteiger partial charge in [-0.15, -0.1) is 0 Å². The van der Waals surface area contributed by atoms with Gasteiger partial charge in [0.05, 0.1) is 12.1 Å². The van der Waals surface area contributed by atoms with Crippen molar-refractivity contribution >= 4 is 39.4 Å². The van der Waals surface area contributed by atoms with E-state index in [4.69, 9.17) is 5.11 Å². The first-order chi connectivity index (χ1) is 18.3. The molecule has 1 saturated carbocycles. The Morgan fingerprint density at radius 3 is 2.05 bits per heavy atom. The molecule has 4 unspecified atom stereocenters. The molecule has 1 aliphatic carbocycles. The molecule has 2 amide bonds. The molecule has 0 aromatic heterocycles. The number of aliphatic hydroxyl groups is 1. The summed E-state index contributed by atoms with van der Waals surface area (Å²) < 4.78 is 0. The zero-order valence-corrected chi connectivity index (χ0v) is 24.1. The van der Waals surface area contributed by atoms with Gasteiger partial charge in [-0.3, -0.25) is 14.4 Å². The molecule has 3 rings (SSSR count). The van der Waals surface area contributed by atoms with Crippen molar-refractivity contribution in [3.63, 3.8) is 0 Å². The highest BCUT2D eigenvalue weighted by atomic mass is 33.1. The number of carboxylic acids is 1. The van der Waals surface area contributed by atoms with E-state index >= 15 is 0 Å². The number of benzene rings is 1. The summed E-state index contributed by atoms with van der Waals surface area (Å²) >= 11 is 0. The first-order valence-corrected chi connectivity index (χ1v) is 15.9. The number of aliphatic hydroxyl groups excluding tert-OH is 1. The molecule has 0 radical (unpaired) electrons. The standard InChI is InChI=1S/C21H38N4O5S2.C6H6/c1-14(26)21(7-3-4-8-21)9-11-24-18(27)16(25-19(28)15-6-5-10-23-15)12-31-32-13-17(22-2)20(29)30;1-2-4-6-5-3-1/h14-17,22-23,26H,3-13H2,1-2H3,(H,24,27)(H,25,28)(H,29,30);1-6H. The van der Waals surface area contributed by atoms with E-state index in [2.05, 4.69) is 21.3 Å². The Morgan fingerprint density at radius 2 is 1.58 bits per heavy atom. The van der Waals surface area contributed by atoms with Crippen LogP contribution in [0.2, 0.25) is 0 Å². The Labute approximate surface area is 234 Å². The van der Waals surface area contributed by atoms with Crippen molar-refractivity contribution in [3.05, 3.63) is 36.4 Å². The predicted octanol–water partition coefficient (Wildman–Crippen LogP) is 2.41. The van der Waals surface area contributed by atoms with Crippen LogP contribution in [0.15, 0.2) is 36.4 Å². The third kappa shape index (κ3) is 11.1. The maximum absolute atomic E-state index is 12.9. The van der Waals surface area contributed by atoms with Gasteiger partial charge in [0, 0.05) is 18.1 Å². The summed E-state index contributed by atoms with van der Waals surface area (Å²) in [7, 11) is 4.33. The largest absolute Gasteiger partial charge is 0.480 e. The summed E-state index contributed by atoms with van der Waals surface area (Å²) in [6.07, 6.45) is 6.13. The van der Waals surface area contributed by atoms with Crippen molar-refractivity contribution in [2.75, 3.05) is 31.6 Å². The Hall–Kier alpha value is -1.79. The van der Waals surface area contributed by atoms with E-state index in [-0.39, 0.29) is 23.3 Å². The van der Waals surface area contributed by atoms with Crippen LogP contribution < -0.4 is 21.3 Å². The van der Waals surface area contributed by atoms with Crippen LogP contribution in [0, 0.1) is 5.41 Å². The van der Waals surface area contributed by atoms with Crippen LogP contribution in [0.3, 0.4) is 0 Å². The van der Waals surface area contributed by atoms with Crippen LogP contribution >= 0.6 is 21.6 Å². The van der Waals surface area contributed by atoms with Crippen LogP contribution in [0.4, 0.5) is 0 Å². The van der Waals surface area contributed by atoms with Crippen LogP contribution in [0.1, 0.15) is 51.9 Å². The van der Waals surface area contributed by atoms with Crippen molar-refractivity contribution in [3.8, 4) is 0 Å². The number of likely N-dealkylation sites (N-methyl/N-ethyl adjacent to an activating group) is 1. The van der Waals surface area contributed by atoms with Crippen molar-refractivity contribution in [2.24, 2.45) is 5.41 Å². The molecule has 1 heterocycles. The summed E-state index contributed by atoms with van der Waals surface area (Å²) in [5, 5.41) is 31.1. The Morgan fingerprint density at radius 1 is 1.00 bits per heavy atom. The number of nitrogens with one attached hydrogen (secondary N) is 4. The molecule has 2 fully saturated rings. The van der Waals surface area contributed by atoms with Gasteiger partial charge in [-0.25, -0.2) is 0 Å². The monoisotopic (exact) mass is 568 g/mol. The quantitative estimate of drug-likeness (QED) is 0.147. The number of carbonyl (C=O) groups is 3. The SMILES string of the molecule is CNC(CSSCC(NC(=O)C1CCCN1)C(=O)NCCC1(C(C)O)CCCC1)C(=O)O.c1ccccc1. The van der Waals surface area contributed by atoms with Gasteiger partial charge in [0.1, 0.15) is 12.1 Å². The fourth-order valence-corrected chi connectivity index (χ4v) is 7.17. The van der Waals surface area contributed by atoms with Gasteiger partial charge in [-0.05, 0) is 58.0 Å². The summed E-state index contributed by atoms with van der Waals surface area (Å²) in [4.78, 5) is 36.6. The molecule has 38 heavy (non-hydrogen) atoms.